The van der Waals surface area contributed by atoms with Crippen LogP contribution in [0.25, 0.3) is 0 Å². The van der Waals surface area contributed by atoms with Crippen LogP contribution in [-0.2, 0) is 28.6 Å². The first-order chi connectivity index (χ1) is 38.0. The number of carbonyl (C=O) groups is 3. The maximum Gasteiger partial charge on any atom is 0.306 e. The molecule has 0 radical (unpaired) electrons. The number of allylic oxidation sites excluding steroid dienone is 14. The Kier molecular flexibility index (Phi) is 62.2. The Morgan fingerprint density at radius 3 is 0.831 bits per heavy atom. The molecule has 0 saturated heterocycles. The van der Waals surface area contributed by atoms with Crippen molar-refractivity contribution in [3.05, 3.63) is 85.1 Å². The van der Waals surface area contributed by atoms with Gasteiger partial charge in [-0.25, -0.2) is 0 Å². The number of hydrogen-bond donors (Lipinski definition) is 0. The highest BCUT2D eigenvalue weighted by molar-refractivity contribution is 5.71. The van der Waals surface area contributed by atoms with Crippen LogP contribution in [0.1, 0.15) is 329 Å². The summed E-state index contributed by atoms with van der Waals surface area (Å²) in [6.07, 6.45) is 86.0. The Morgan fingerprint density at radius 2 is 0.506 bits per heavy atom. The summed E-state index contributed by atoms with van der Waals surface area (Å²) in [5, 5.41) is 0. The molecule has 0 spiro atoms. The predicted molar refractivity (Wildman–Crippen MR) is 334 cm³/mol. The van der Waals surface area contributed by atoms with Gasteiger partial charge in [-0.3, -0.25) is 14.4 Å². The van der Waals surface area contributed by atoms with Crippen LogP contribution >= 0.6 is 0 Å². The lowest BCUT2D eigenvalue weighted by Crippen LogP contribution is -2.30. The maximum atomic E-state index is 12.9. The van der Waals surface area contributed by atoms with Gasteiger partial charge in [0.1, 0.15) is 13.2 Å². The number of esters is 3. The van der Waals surface area contributed by atoms with Crippen LogP contribution in [0.2, 0.25) is 0 Å². The molecule has 0 aromatic carbocycles. The van der Waals surface area contributed by atoms with Crippen molar-refractivity contribution >= 4 is 17.9 Å². The van der Waals surface area contributed by atoms with E-state index in [-0.39, 0.29) is 31.1 Å². The van der Waals surface area contributed by atoms with Crippen molar-refractivity contribution in [1.82, 2.24) is 0 Å². The van der Waals surface area contributed by atoms with Crippen LogP contribution < -0.4 is 0 Å². The van der Waals surface area contributed by atoms with Crippen molar-refractivity contribution in [3.63, 3.8) is 0 Å². The first-order valence-electron chi connectivity index (χ1n) is 33.1. The molecule has 0 N–H and O–H groups in total. The summed E-state index contributed by atoms with van der Waals surface area (Å²) in [4.78, 5) is 38.3. The first-order valence-corrected chi connectivity index (χ1v) is 33.1. The van der Waals surface area contributed by atoms with Crippen LogP contribution in [0.4, 0.5) is 0 Å². The fourth-order valence-corrected chi connectivity index (χ4v) is 9.44. The zero-order valence-corrected chi connectivity index (χ0v) is 51.0. The van der Waals surface area contributed by atoms with E-state index in [4.69, 9.17) is 14.2 Å². The van der Waals surface area contributed by atoms with Gasteiger partial charge in [0.2, 0.25) is 0 Å². The monoisotopic (exact) mass is 1070 g/mol. The van der Waals surface area contributed by atoms with Crippen molar-refractivity contribution in [2.75, 3.05) is 13.2 Å². The van der Waals surface area contributed by atoms with Crippen LogP contribution in [0.15, 0.2) is 85.1 Å². The molecule has 0 heterocycles. The van der Waals surface area contributed by atoms with E-state index in [1.807, 2.05) is 0 Å². The molecule has 1 unspecified atom stereocenters. The molecule has 0 amide bonds. The minimum atomic E-state index is -0.778. The molecule has 0 aromatic rings. The molecule has 0 rings (SSSR count). The van der Waals surface area contributed by atoms with Crippen molar-refractivity contribution in [3.8, 4) is 0 Å². The summed E-state index contributed by atoms with van der Waals surface area (Å²) in [6.45, 7) is 6.53. The summed E-state index contributed by atoms with van der Waals surface area (Å²) in [6, 6.07) is 0. The molecule has 0 aliphatic heterocycles. The molecule has 1 atom stereocenters. The van der Waals surface area contributed by atoms with Crippen LogP contribution in [0, 0.1) is 0 Å². The number of ether oxygens (including phenoxy) is 3. The third kappa shape index (κ3) is 63.3. The minimum absolute atomic E-state index is 0.0761. The van der Waals surface area contributed by atoms with Gasteiger partial charge in [0.15, 0.2) is 6.10 Å². The van der Waals surface area contributed by atoms with Gasteiger partial charge in [-0.1, -0.05) is 298 Å². The molecule has 0 saturated carbocycles. The lowest BCUT2D eigenvalue weighted by molar-refractivity contribution is -0.167. The minimum Gasteiger partial charge on any atom is -0.462 e. The number of rotatable bonds is 60. The number of hydrogen-bond acceptors (Lipinski definition) is 6. The van der Waals surface area contributed by atoms with Crippen molar-refractivity contribution < 1.29 is 28.6 Å². The zero-order chi connectivity index (χ0) is 55.7. The average Bonchev–Trinajstić information content (AvgIpc) is 3.43. The molecular weight excluding hydrogens is 949 g/mol. The Bertz CT molecular complexity index is 1470. The van der Waals surface area contributed by atoms with E-state index in [0.717, 1.165) is 103 Å². The Balaban J connectivity index is 4.20. The highest BCUT2D eigenvalue weighted by Gasteiger charge is 2.19. The predicted octanol–water partition coefficient (Wildman–Crippen LogP) is 22.7. The summed E-state index contributed by atoms with van der Waals surface area (Å²) < 4.78 is 16.9. The van der Waals surface area contributed by atoms with Crippen LogP contribution in [-0.4, -0.2) is 37.2 Å². The van der Waals surface area contributed by atoms with E-state index in [1.54, 1.807) is 0 Å². The normalized spacial score (nSPS) is 12.6. The first kappa shape index (κ1) is 73.6. The maximum absolute atomic E-state index is 12.9. The smallest absolute Gasteiger partial charge is 0.306 e. The summed E-state index contributed by atoms with van der Waals surface area (Å²) in [5.41, 5.74) is 0. The van der Waals surface area contributed by atoms with Gasteiger partial charge in [-0.05, 0) is 96.3 Å². The Labute approximate surface area is 477 Å². The highest BCUT2D eigenvalue weighted by Crippen LogP contribution is 2.17. The molecule has 0 aromatic heterocycles. The van der Waals surface area contributed by atoms with Crippen LogP contribution in [0.5, 0.6) is 0 Å². The van der Waals surface area contributed by atoms with Gasteiger partial charge in [-0.2, -0.15) is 0 Å². The summed E-state index contributed by atoms with van der Waals surface area (Å²) in [5.74, 6) is -0.871. The third-order valence-electron chi connectivity index (χ3n) is 14.4. The standard InChI is InChI=1S/C71H124O6/c1-4-7-10-13-16-19-22-25-27-29-30-31-32-33-34-35-36-37-38-39-40-41-42-43-45-46-49-52-55-58-61-64-70(73)76-67-68(66-75-69(72)63-60-57-54-51-48-24-21-18-15-12-9-6-3)77-71(74)65-62-59-56-53-50-47-44-28-26-23-20-17-14-11-8-5-2/h7,10,16,18-19,21,25,27,30-31,33-34,36-37,68H,4-6,8-9,11-15,17,20,22-24,26,28-29,32,35,38-67H2,1-3H3/b10-7-,19-16-,21-18-,27-25-,31-30-,34-33-,37-36-. The molecule has 0 bridgehead atoms. The molecule has 0 aliphatic rings. The van der Waals surface area contributed by atoms with Crippen molar-refractivity contribution in [2.24, 2.45) is 0 Å². The molecule has 77 heavy (non-hydrogen) atoms. The van der Waals surface area contributed by atoms with Gasteiger partial charge >= 0.3 is 17.9 Å². The SMILES string of the molecule is CC/C=C\C/C=C\C/C=C\C/C=C\C/C=C\C/C=C\CCCCCCCCCCCCCCC(=O)OCC(COC(=O)CCCCCCC/C=C\CCCCC)OC(=O)CCCCCCCCCCCCCCCCCC. The third-order valence-corrected chi connectivity index (χ3v) is 14.4. The van der Waals surface area contributed by atoms with Gasteiger partial charge in [-0.15, -0.1) is 0 Å². The molecule has 6 heteroatoms. The van der Waals surface area contributed by atoms with Gasteiger partial charge in [0.05, 0.1) is 0 Å². The number of unbranched alkanes of at least 4 members (excludes halogenated alkanes) is 35. The van der Waals surface area contributed by atoms with Crippen molar-refractivity contribution in [1.29, 1.82) is 0 Å². The van der Waals surface area contributed by atoms with Gasteiger partial charge in [0, 0.05) is 19.3 Å². The van der Waals surface area contributed by atoms with E-state index >= 15 is 0 Å². The average molecular weight is 1070 g/mol. The lowest BCUT2D eigenvalue weighted by atomic mass is 10.0. The highest BCUT2D eigenvalue weighted by atomic mass is 16.6. The second-order valence-corrected chi connectivity index (χ2v) is 22.0. The van der Waals surface area contributed by atoms with E-state index in [2.05, 4.69) is 106 Å². The summed E-state index contributed by atoms with van der Waals surface area (Å²) in [7, 11) is 0. The fraction of sp³-hybridized carbons (Fsp3) is 0.761. The fourth-order valence-electron chi connectivity index (χ4n) is 9.44. The molecule has 444 valence electrons. The van der Waals surface area contributed by atoms with Crippen LogP contribution in [0.3, 0.4) is 0 Å². The molecule has 0 fully saturated rings. The molecule has 0 aliphatic carbocycles. The van der Waals surface area contributed by atoms with E-state index < -0.39 is 6.10 Å². The van der Waals surface area contributed by atoms with Gasteiger partial charge < -0.3 is 14.2 Å². The molecular formula is C71H124O6. The zero-order valence-electron chi connectivity index (χ0n) is 51.0. The van der Waals surface area contributed by atoms with E-state index in [0.29, 0.717) is 19.3 Å². The second kappa shape index (κ2) is 65.1. The number of carbonyl (C=O) groups excluding carboxylic acids is 3. The van der Waals surface area contributed by atoms with E-state index in [1.165, 1.54) is 186 Å². The van der Waals surface area contributed by atoms with Gasteiger partial charge in [0.25, 0.3) is 0 Å². The second-order valence-electron chi connectivity index (χ2n) is 22.0. The summed E-state index contributed by atoms with van der Waals surface area (Å²) >= 11 is 0. The Hall–Kier alpha value is -3.41. The quantitative estimate of drug-likeness (QED) is 0.0261. The lowest BCUT2D eigenvalue weighted by Gasteiger charge is -2.18. The van der Waals surface area contributed by atoms with Crippen molar-refractivity contribution in [2.45, 2.75) is 335 Å². The largest absolute Gasteiger partial charge is 0.462 e. The van der Waals surface area contributed by atoms with E-state index in [9.17, 15) is 14.4 Å². The topological polar surface area (TPSA) is 78.9 Å². The molecule has 6 nitrogen and oxygen atoms in total. The Morgan fingerprint density at radius 1 is 0.273 bits per heavy atom.